The molecule has 8 heteroatoms. The Labute approximate surface area is 163 Å². The maximum absolute atomic E-state index is 12.5. The zero-order chi connectivity index (χ0) is 19.7. The molecule has 0 spiro atoms. The fourth-order valence-corrected chi connectivity index (χ4v) is 4.71. The predicted molar refractivity (Wildman–Crippen MR) is 102 cm³/mol. The number of fused-ring (bicyclic) bond motifs is 2. The quantitative estimate of drug-likeness (QED) is 0.583. The van der Waals surface area contributed by atoms with Gasteiger partial charge in [0.1, 0.15) is 5.69 Å². The number of benzene rings is 1. The van der Waals surface area contributed by atoms with Gasteiger partial charge in [0.05, 0.1) is 4.92 Å². The lowest BCUT2D eigenvalue weighted by atomic mass is 9.84. The lowest BCUT2D eigenvalue weighted by Crippen LogP contribution is -2.40. The van der Waals surface area contributed by atoms with Gasteiger partial charge in [0.15, 0.2) is 12.5 Å². The van der Waals surface area contributed by atoms with Crippen molar-refractivity contribution >= 4 is 11.6 Å². The first-order valence-corrected chi connectivity index (χ1v) is 9.72. The highest BCUT2D eigenvalue weighted by molar-refractivity contribution is 5.92. The van der Waals surface area contributed by atoms with Crippen molar-refractivity contribution in [3.05, 3.63) is 52.3 Å². The molecule has 2 fully saturated rings. The number of nitro benzene ring substituents is 1. The van der Waals surface area contributed by atoms with Crippen LogP contribution in [-0.4, -0.2) is 26.7 Å². The van der Waals surface area contributed by atoms with Crippen LogP contribution in [0.15, 0.2) is 36.5 Å². The Morgan fingerprint density at radius 1 is 1.36 bits per heavy atom. The third-order valence-electron chi connectivity index (χ3n) is 6.08. The second kappa shape index (κ2) is 7.61. The smallest absolute Gasteiger partial charge is 0.311 e. The molecule has 2 aromatic rings. The van der Waals surface area contributed by atoms with E-state index in [-0.39, 0.29) is 30.1 Å². The number of carbonyl (C=O) groups excluding carboxylic acids is 1. The van der Waals surface area contributed by atoms with Crippen LogP contribution in [0.3, 0.4) is 0 Å². The van der Waals surface area contributed by atoms with Crippen molar-refractivity contribution in [1.29, 1.82) is 0 Å². The molecule has 2 bridgehead atoms. The molecule has 0 radical (unpaired) electrons. The van der Waals surface area contributed by atoms with Crippen LogP contribution in [0.25, 0.3) is 0 Å². The van der Waals surface area contributed by atoms with Crippen LogP contribution in [0.4, 0.5) is 5.69 Å². The van der Waals surface area contributed by atoms with Gasteiger partial charge in [0, 0.05) is 18.3 Å². The highest BCUT2D eigenvalue weighted by Gasteiger charge is 2.42. The summed E-state index contributed by atoms with van der Waals surface area (Å²) < 4.78 is 6.95. The van der Waals surface area contributed by atoms with Crippen LogP contribution in [-0.2, 0) is 6.73 Å². The second-order valence-corrected chi connectivity index (χ2v) is 7.84. The summed E-state index contributed by atoms with van der Waals surface area (Å²) in [5.74, 6) is 2.12. The van der Waals surface area contributed by atoms with Gasteiger partial charge in [-0.3, -0.25) is 14.9 Å². The van der Waals surface area contributed by atoms with E-state index >= 15 is 0 Å². The molecule has 1 amide bonds. The number of nitro groups is 1. The topological polar surface area (TPSA) is 99.3 Å². The zero-order valence-electron chi connectivity index (χ0n) is 15.8. The van der Waals surface area contributed by atoms with E-state index in [9.17, 15) is 14.9 Å². The summed E-state index contributed by atoms with van der Waals surface area (Å²) in [6, 6.07) is 7.93. The minimum Gasteiger partial charge on any atom is -0.464 e. The van der Waals surface area contributed by atoms with Gasteiger partial charge in [0.2, 0.25) is 0 Å². The van der Waals surface area contributed by atoms with Crippen molar-refractivity contribution in [2.45, 2.75) is 45.4 Å². The Morgan fingerprint density at radius 2 is 2.18 bits per heavy atom. The normalized spacial score (nSPS) is 24.1. The average molecular weight is 384 g/mol. The molecule has 28 heavy (non-hydrogen) atoms. The van der Waals surface area contributed by atoms with Gasteiger partial charge in [0.25, 0.3) is 5.91 Å². The first kappa shape index (κ1) is 18.5. The number of amides is 1. The maximum atomic E-state index is 12.5. The summed E-state index contributed by atoms with van der Waals surface area (Å²) in [5.41, 5.74) is 0.216. The number of nitrogens with one attached hydrogen (secondary N) is 1. The molecule has 148 valence electrons. The van der Waals surface area contributed by atoms with E-state index < -0.39 is 4.92 Å². The van der Waals surface area contributed by atoms with Gasteiger partial charge < -0.3 is 10.1 Å². The van der Waals surface area contributed by atoms with E-state index in [1.807, 2.05) is 0 Å². The molecular formula is C20H24N4O4. The van der Waals surface area contributed by atoms with Crippen molar-refractivity contribution in [2.24, 2.45) is 17.8 Å². The third-order valence-corrected chi connectivity index (χ3v) is 6.08. The molecule has 2 saturated carbocycles. The summed E-state index contributed by atoms with van der Waals surface area (Å²) >= 11 is 0. The highest BCUT2D eigenvalue weighted by Crippen LogP contribution is 2.49. The summed E-state index contributed by atoms with van der Waals surface area (Å²) in [4.78, 5) is 23.1. The summed E-state index contributed by atoms with van der Waals surface area (Å²) in [6.07, 6.45) is 6.78. The Bertz CT molecular complexity index is 881. The van der Waals surface area contributed by atoms with E-state index in [0.29, 0.717) is 11.6 Å². The standard InChI is InChI=1S/C20H24N4O4/c1-13(16-11-14-6-7-15(16)10-14)21-20(25)17-8-9-23(22-17)12-28-19-5-3-2-4-18(19)24(26)27/h2-5,8-9,13-16H,6-7,10-12H2,1H3,(H,21,25)/t13-,14+,15+,16-/m0/s1. The van der Waals surface area contributed by atoms with Gasteiger partial charge in [-0.05, 0) is 56.1 Å². The molecule has 1 N–H and O–H groups in total. The number of ether oxygens (including phenoxy) is 1. The molecule has 0 unspecified atom stereocenters. The van der Waals surface area contributed by atoms with Crippen molar-refractivity contribution in [1.82, 2.24) is 15.1 Å². The number of para-hydroxylation sites is 2. The minimum atomic E-state index is -0.492. The van der Waals surface area contributed by atoms with Crippen molar-refractivity contribution in [3.8, 4) is 5.75 Å². The Balaban J connectivity index is 1.34. The van der Waals surface area contributed by atoms with Crippen LogP contribution < -0.4 is 10.1 Å². The number of rotatable bonds is 7. The van der Waals surface area contributed by atoms with E-state index in [1.165, 1.54) is 42.5 Å². The highest BCUT2D eigenvalue weighted by atomic mass is 16.6. The summed E-state index contributed by atoms with van der Waals surface area (Å²) in [5, 5.41) is 18.4. The zero-order valence-corrected chi connectivity index (χ0v) is 15.8. The SMILES string of the molecule is C[C@H](NC(=O)c1ccn(COc2ccccc2[N+](=O)[O-])n1)[C@@H]1C[C@@H]2CC[C@@H]1C2. The number of hydrogen-bond donors (Lipinski definition) is 1. The Kier molecular flexibility index (Phi) is 5.02. The lowest BCUT2D eigenvalue weighted by molar-refractivity contribution is -0.386. The first-order valence-electron chi connectivity index (χ1n) is 9.72. The van der Waals surface area contributed by atoms with Crippen molar-refractivity contribution in [2.75, 3.05) is 0 Å². The molecule has 4 rings (SSSR count). The molecule has 1 aromatic carbocycles. The molecule has 2 aliphatic rings. The minimum absolute atomic E-state index is 0.0138. The molecule has 0 aliphatic heterocycles. The van der Waals surface area contributed by atoms with Gasteiger partial charge in [-0.15, -0.1) is 0 Å². The molecule has 2 aliphatic carbocycles. The van der Waals surface area contributed by atoms with Gasteiger partial charge in [-0.25, -0.2) is 4.68 Å². The van der Waals surface area contributed by atoms with Crippen LogP contribution >= 0.6 is 0 Å². The van der Waals surface area contributed by atoms with Gasteiger partial charge in [-0.1, -0.05) is 18.6 Å². The molecule has 1 aromatic heterocycles. The van der Waals surface area contributed by atoms with Crippen LogP contribution in [0.5, 0.6) is 5.75 Å². The number of hydrogen-bond acceptors (Lipinski definition) is 5. The molecule has 1 heterocycles. The summed E-state index contributed by atoms with van der Waals surface area (Å²) in [7, 11) is 0. The lowest BCUT2D eigenvalue weighted by Gasteiger charge is -2.28. The fourth-order valence-electron chi connectivity index (χ4n) is 4.71. The van der Waals surface area contributed by atoms with Crippen LogP contribution in [0, 0.1) is 27.9 Å². The average Bonchev–Trinajstić information content (AvgIpc) is 3.43. The van der Waals surface area contributed by atoms with E-state index in [2.05, 4.69) is 17.3 Å². The first-order chi connectivity index (χ1) is 13.5. The van der Waals surface area contributed by atoms with Crippen LogP contribution in [0.1, 0.15) is 43.1 Å². The third kappa shape index (κ3) is 3.72. The predicted octanol–water partition coefficient (Wildman–Crippen LogP) is 3.38. The van der Waals surface area contributed by atoms with E-state index in [1.54, 1.807) is 24.4 Å². The largest absolute Gasteiger partial charge is 0.464 e. The Hall–Kier alpha value is -2.90. The summed E-state index contributed by atoms with van der Waals surface area (Å²) in [6.45, 7) is 2.07. The Morgan fingerprint density at radius 3 is 2.89 bits per heavy atom. The van der Waals surface area contributed by atoms with Crippen molar-refractivity contribution < 1.29 is 14.5 Å². The number of carbonyl (C=O) groups is 1. The van der Waals surface area contributed by atoms with Crippen molar-refractivity contribution in [3.63, 3.8) is 0 Å². The molecule has 4 atom stereocenters. The fraction of sp³-hybridized carbons (Fsp3) is 0.500. The van der Waals surface area contributed by atoms with E-state index in [0.717, 1.165) is 11.8 Å². The van der Waals surface area contributed by atoms with Crippen LogP contribution in [0.2, 0.25) is 0 Å². The number of nitrogens with zero attached hydrogens (tertiary/aromatic N) is 3. The molecule has 8 nitrogen and oxygen atoms in total. The molecule has 0 saturated heterocycles. The monoisotopic (exact) mass is 384 g/mol. The van der Waals surface area contributed by atoms with Gasteiger partial charge in [-0.2, -0.15) is 5.10 Å². The van der Waals surface area contributed by atoms with E-state index in [4.69, 9.17) is 4.74 Å². The molecular weight excluding hydrogens is 360 g/mol. The van der Waals surface area contributed by atoms with Gasteiger partial charge >= 0.3 is 5.69 Å². The number of aromatic nitrogens is 2. The maximum Gasteiger partial charge on any atom is 0.311 e. The second-order valence-electron chi connectivity index (χ2n) is 7.84.